The second-order valence-corrected chi connectivity index (χ2v) is 6.38. The lowest BCUT2D eigenvalue weighted by atomic mass is 10.2. The van der Waals surface area contributed by atoms with E-state index in [2.05, 4.69) is 42.5 Å². The van der Waals surface area contributed by atoms with Crippen LogP contribution in [-0.4, -0.2) is 21.6 Å². The van der Waals surface area contributed by atoms with Crippen LogP contribution < -0.4 is 5.73 Å². The van der Waals surface area contributed by atoms with E-state index in [-0.39, 0.29) is 6.04 Å². The molecule has 0 aliphatic carbocycles. The van der Waals surface area contributed by atoms with E-state index in [0.717, 1.165) is 41.1 Å². The molecule has 1 aromatic carbocycles. The molecule has 0 spiro atoms. The maximum Gasteiger partial charge on any atom is 0.127 e. The van der Waals surface area contributed by atoms with Gasteiger partial charge in [-0.25, -0.2) is 4.98 Å². The molecule has 0 amide bonds. The molecule has 1 unspecified atom stereocenters. The van der Waals surface area contributed by atoms with Gasteiger partial charge in [0, 0.05) is 6.54 Å². The van der Waals surface area contributed by atoms with Gasteiger partial charge in [-0.15, -0.1) is 0 Å². The number of allylic oxidation sites excluding steroid dienone is 1. The Morgan fingerprint density at radius 3 is 2.90 bits per heavy atom. The largest absolute Gasteiger partial charge is 0.323 e. The van der Waals surface area contributed by atoms with Crippen LogP contribution in [0.5, 0.6) is 0 Å². The van der Waals surface area contributed by atoms with Gasteiger partial charge < -0.3 is 10.3 Å². The van der Waals surface area contributed by atoms with E-state index in [0.29, 0.717) is 0 Å². The Kier molecular flexibility index (Phi) is 4.89. The number of aromatic nitrogens is 2. The number of thioether (sulfide) groups is 1. The van der Waals surface area contributed by atoms with Crippen molar-refractivity contribution in [2.45, 2.75) is 32.9 Å². The highest BCUT2D eigenvalue weighted by Gasteiger charge is 2.16. The van der Waals surface area contributed by atoms with Gasteiger partial charge in [-0.3, -0.25) is 0 Å². The lowest BCUT2D eigenvalue weighted by Crippen LogP contribution is -2.18. The van der Waals surface area contributed by atoms with Crippen molar-refractivity contribution < 1.29 is 0 Å². The second kappa shape index (κ2) is 6.46. The van der Waals surface area contributed by atoms with Crippen LogP contribution in [0, 0.1) is 6.92 Å². The first-order valence-electron chi connectivity index (χ1n) is 6.88. The van der Waals surface area contributed by atoms with Crippen LogP contribution in [0.2, 0.25) is 0 Å². The molecular formula is C16H23N3S. The highest BCUT2D eigenvalue weighted by molar-refractivity contribution is 7.98. The van der Waals surface area contributed by atoms with Gasteiger partial charge in [0.25, 0.3) is 0 Å². The lowest BCUT2D eigenvalue weighted by Gasteiger charge is -2.14. The zero-order chi connectivity index (χ0) is 14.7. The number of hydrogen-bond acceptors (Lipinski definition) is 3. The van der Waals surface area contributed by atoms with Gasteiger partial charge >= 0.3 is 0 Å². The summed E-state index contributed by atoms with van der Waals surface area (Å²) in [6.45, 7) is 8.93. The number of rotatable bonds is 6. The number of nitrogens with two attached hydrogens (primary N) is 1. The third-order valence-corrected chi connectivity index (χ3v) is 3.97. The number of imidazole rings is 1. The minimum atomic E-state index is -0.0190. The molecule has 108 valence electrons. The van der Waals surface area contributed by atoms with Gasteiger partial charge in [0.15, 0.2) is 0 Å². The van der Waals surface area contributed by atoms with E-state index in [4.69, 9.17) is 10.7 Å². The summed E-state index contributed by atoms with van der Waals surface area (Å²) in [6, 6.07) is 6.35. The van der Waals surface area contributed by atoms with E-state index in [9.17, 15) is 0 Å². The van der Waals surface area contributed by atoms with Crippen LogP contribution in [0.3, 0.4) is 0 Å². The van der Waals surface area contributed by atoms with Gasteiger partial charge in [0.1, 0.15) is 5.82 Å². The first-order valence-corrected chi connectivity index (χ1v) is 8.28. The van der Waals surface area contributed by atoms with Crippen molar-refractivity contribution >= 4 is 22.8 Å². The number of aryl methyl sites for hydroxylation is 1. The molecule has 0 saturated heterocycles. The Hall–Kier alpha value is -1.26. The van der Waals surface area contributed by atoms with Crippen LogP contribution in [0.15, 0.2) is 30.4 Å². The molecule has 2 rings (SSSR count). The normalized spacial score (nSPS) is 12.8. The molecule has 0 fully saturated rings. The van der Waals surface area contributed by atoms with Crippen LogP contribution >= 0.6 is 11.8 Å². The third-order valence-electron chi connectivity index (χ3n) is 3.33. The first-order chi connectivity index (χ1) is 9.52. The van der Waals surface area contributed by atoms with Gasteiger partial charge in [-0.1, -0.05) is 18.2 Å². The number of nitrogens with zero attached hydrogens (tertiary/aromatic N) is 2. The standard InChI is InChI=1S/C16H23N3S/c1-11(2)10-19-15-6-5-12(3)9-14(15)18-16(19)13(17)7-8-20-4/h5-6,9,13H,1,7-8,10,17H2,2-4H3. The van der Waals surface area contributed by atoms with Gasteiger partial charge in [-0.05, 0) is 50.0 Å². The molecule has 0 radical (unpaired) electrons. The van der Waals surface area contributed by atoms with E-state index in [1.807, 2.05) is 18.7 Å². The van der Waals surface area contributed by atoms with Gasteiger partial charge in [-0.2, -0.15) is 11.8 Å². The monoisotopic (exact) mass is 289 g/mol. The number of fused-ring (bicyclic) bond motifs is 1. The molecule has 0 bridgehead atoms. The average molecular weight is 289 g/mol. The zero-order valence-corrected chi connectivity index (χ0v) is 13.3. The summed E-state index contributed by atoms with van der Waals surface area (Å²) in [5.41, 5.74) is 10.8. The number of hydrogen-bond donors (Lipinski definition) is 1. The molecule has 0 saturated carbocycles. The molecule has 2 N–H and O–H groups in total. The Bertz CT molecular complexity index is 615. The Labute approximate surface area is 125 Å². The van der Waals surface area contributed by atoms with Crippen LogP contribution in [-0.2, 0) is 6.54 Å². The minimum Gasteiger partial charge on any atom is -0.323 e. The topological polar surface area (TPSA) is 43.8 Å². The Morgan fingerprint density at radius 2 is 2.25 bits per heavy atom. The molecule has 4 heteroatoms. The summed E-state index contributed by atoms with van der Waals surface area (Å²) in [5, 5.41) is 0. The molecular weight excluding hydrogens is 266 g/mol. The zero-order valence-electron chi connectivity index (χ0n) is 12.5. The Morgan fingerprint density at radius 1 is 1.50 bits per heavy atom. The maximum absolute atomic E-state index is 6.33. The molecule has 0 aliphatic heterocycles. The van der Waals surface area contributed by atoms with E-state index in [1.54, 1.807) is 0 Å². The fourth-order valence-electron chi connectivity index (χ4n) is 2.35. The summed E-state index contributed by atoms with van der Waals surface area (Å²) in [4.78, 5) is 4.77. The minimum absolute atomic E-state index is 0.0190. The van der Waals surface area contributed by atoms with Crippen LogP contribution in [0.25, 0.3) is 11.0 Å². The summed E-state index contributed by atoms with van der Waals surface area (Å²) in [7, 11) is 0. The van der Waals surface area contributed by atoms with Crippen molar-refractivity contribution in [2.75, 3.05) is 12.0 Å². The van der Waals surface area contributed by atoms with Crippen LogP contribution in [0.4, 0.5) is 0 Å². The maximum atomic E-state index is 6.33. The second-order valence-electron chi connectivity index (χ2n) is 5.39. The summed E-state index contributed by atoms with van der Waals surface area (Å²) < 4.78 is 2.21. The lowest BCUT2D eigenvalue weighted by molar-refractivity contribution is 0.607. The van der Waals surface area contributed by atoms with Gasteiger partial charge in [0.05, 0.1) is 17.1 Å². The third kappa shape index (κ3) is 3.25. The van der Waals surface area contributed by atoms with Crippen molar-refractivity contribution in [1.82, 2.24) is 9.55 Å². The fraction of sp³-hybridized carbons (Fsp3) is 0.438. The van der Waals surface area contributed by atoms with E-state index in [1.165, 1.54) is 5.56 Å². The van der Waals surface area contributed by atoms with Crippen molar-refractivity contribution in [3.05, 3.63) is 41.7 Å². The van der Waals surface area contributed by atoms with Crippen molar-refractivity contribution in [3.8, 4) is 0 Å². The summed E-state index contributed by atoms with van der Waals surface area (Å²) in [5.74, 6) is 2.03. The molecule has 1 aromatic heterocycles. The van der Waals surface area contributed by atoms with Crippen molar-refractivity contribution in [1.29, 1.82) is 0 Å². The SMILES string of the molecule is C=C(C)Cn1c(C(N)CCSC)nc2cc(C)ccc21. The van der Waals surface area contributed by atoms with Crippen molar-refractivity contribution in [3.63, 3.8) is 0 Å². The molecule has 3 nitrogen and oxygen atoms in total. The average Bonchev–Trinajstić information content (AvgIpc) is 2.73. The highest BCUT2D eigenvalue weighted by Crippen LogP contribution is 2.24. The predicted molar refractivity (Wildman–Crippen MR) is 89.2 cm³/mol. The first kappa shape index (κ1) is 15.1. The number of benzene rings is 1. The van der Waals surface area contributed by atoms with E-state index >= 15 is 0 Å². The molecule has 1 atom stereocenters. The van der Waals surface area contributed by atoms with E-state index < -0.39 is 0 Å². The molecule has 1 heterocycles. The summed E-state index contributed by atoms with van der Waals surface area (Å²) in [6.07, 6.45) is 3.05. The quantitative estimate of drug-likeness (QED) is 0.825. The predicted octanol–water partition coefficient (Wildman–Crippen LogP) is 3.67. The molecule has 2 aromatic rings. The van der Waals surface area contributed by atoms with Gasteiger partial charge in [0.2, 0.25) is 0 Å². The fourth-order valence-corrected chi connectivity index (χ4v) is 2.84. The Balaban J connectivity index is 2.47. The van der Waals surface area contributed by atoms with Crippen molar-refractivity contribution in [2.24, 2.45) is 5.73 Å². The van der Waals surface area contributed by atoms with Crippen LogP contribution in [0.1, 0.15) is 30.8 Å². The highest BCUT2D eigenvalue weighted by atomic mass is 32.2. The molecule has 0 aliphatic rings. The smallest absolute Gasteiger partial charge is 0.127 e. The summed E-state index contributed by atoms with van der Waals surface area (Å²) >= 11 is 1.82. The molecule has 20 heavy (non-hydrogen) atoms.